The molecule has 2 aromatic rings. The maximum absolute atomic E-state index is 5.68. The zero-order valence-corrected chi connectivity index (χ0v) is 13.1. The van der Waals surface area contributed by atoms with Crippen LogP contribution < -0.4 is 15.2 Å². The number of ether oxygens (including phenoxy) is 2. The molecule has 1 aromatic heterocycles. The summed E-state index contributed by atoms with van der Waals surface area (Å²) < 4.78 is 12.8. The maximum Gasteiger partial charge on any atom is 0.191 e. The summed E-state index contributed by atoms with van der Waals surface area (Å²) in [5, 5.41) is 9.11. The van der Waals surface area contributed by atoms with Crippen molar-refractivity contribution in [2.75, 3.05) is 19.5 Å². The first-order valence-electron chi connectivity index (χ1n) is 6.80. The molecule has 0 unspecified atom stereocenters. The molecule has 1 heterocycles. The van der Waals surface area contributed by atoms with Crippen molar-refractivity contribution in [2.24, 2.45) is 5.73 Å². The van der Waals surface area contributed by atoms with Crippen LogP contribution in [0.1, 0.15) is 12.7 Å². The van der Waals surface area contributed by atoms with Crippen LogP contribution in [0.4, 0.5) is 0 Å². The standard InChI is InChI=1S/C14H20N4O2S/c1-3-18-13(10-15)16-17-14(18)21-9-8-20-12-6-4-11(19-2)5-7-12/h4-7H,3,8-10,15H2,1-2H3. The monoisotopic (exact) mass is 308 g/mol. The second kappa shape index (κ2) is 7.90. The first-order valence-corrected chi connectivity index (χ1v) is 7.78. The first kappa shape index (κ1) is 15.7. The summed E-state index contributed by atoms with van der Waals surface area (Å²) in [7, 11) is 1.64. The van der Waals surface area contributed by atoms with Crippen molar-refractivity contribution >= 4 is 11.8 Å². The van der Waals surface area contributed by atoms with Gasteiger partial charge >= 0.3 is 0 Å². The SMILES string of the molecule is CCn1c(CN)nnc1SCCOc1ccc(OC)cc1. The Labute approximate surface area is 128 Å². The van der Waals surface area contributed by atoms with E-state index < -0.39 is 0 Å². The van der Waals surface area contributed by atoms with Gasteiger partial charge in [0.2, 0.25) is 0 Å². The summed E-state index contributed by atoms with van der Waals surface area (Å²) in [5.41, 5.74) is 5.63. The third-order valence-corrected chi connectivity index (χ3v) is 3.87. The van der Waals surface area contributed by atoms with Crippen LogP contribution in [0.2, 0.25) is 0 Å². The molecule has 114 valence electrons. The van der Waals surface area contributed by atoms with E-state index in [1.165, 1.54) is 0 Å². The highest BCUT2D eigenvalue weighted by atomic mass is 32.2. The van der Waals surface area contributed by atoms with Crippen molar-refractivity contribution in [2.45, 2.75) is 25.2 Å². The number of thioether (sulfide) groups is 1. The van der Waals surface area contributed by atoms with Crippen molar-refractivity contribution in [1.82, 2.24) is 14.8 Å². The number of aromatic nitrogens is 3. The molecule has 0 aliphatic rings. The number of hydrogen-bond acceptors (Lipinski definition) is 6. The molecule has 21 heavy (non-hydrogen) atoms. The van der Waals surface area contributed by atoms with Crippen LogP contribution in [-0.2, 0) is 13.1 Å². The Kier molecular flexibility index (Phi) is 5.89. The molecule has 0 amide bonds. The number of hydrogen-bond donors (Lipinski definition) is 1. The summed E-state index contributed by atoms with van der Waals surface area (Å²) in [5.74, 6) is 3.27. The molecule has 0 spiro atoms. The lowest BCUT2D eigenvalue weighted by Crippen LogP contribution is -2.08. The van der Waals surface area contributed by atoms with Gasteiger partial charge in [0.25, 0.3) is 0 Å². The van der Waals surface area contributed by atoms with Crippen LogP contribution in [0.25, 0.3) is 0 Å². The Morgan fingerprint density at radius 1 is 1.19 bits per heavy atom. The van der Waals surface area contributed by atoms with Crippen LogP contribution in [0, 0.1) is 0 Å². The van der Waals surface area contributed by atoms with E-state index in [1.54, 1.807) is 18.9 Å². The van der Waals surface area contributed by atoms with E-state index in [-0.39, 0.29) is 0 Å². The minimum Gasteiger partial charge on any atom is -0.497 e. The lowest BCUT2D eigenvalue weighted by molar-refractivity contribution is 0.342. The van der Waals surface area contributed by atoms with Gasteiger partial charge in [0, 0.05) is 12.3 Å². The second-order valence-electron chi connectivity index (χ2n) is 4.22. The van der Waals surface area contributed by atoms with Gasteiger partial charge in [-0.25, -0.2) is 0 Å². The molecular weight excluding hydrogens is 288 g/mol. The molecule has 0 atom stereocenters. The average Bonchev–Trinajstić information content (AvgIpc) is 2.94. The van der Waals surface area contributed by atoms with E-state index >= 15 is 0 Å². The topological polar surface area (TPSA) is 75.2 Å². The third kappa shape index (κ3) is 4.12. The van der Waals surface area contributed by atoms with Gasteiger partial charge in [-0.1, -0.05) is 11.8 Å². The molecule has 2 N–H and O–H groups in total. The van der Waals surface area contributed by atoms with Gasteiger partial charge in [-0.3, -0.25) is 0 Å². The van der Waals surface area contributed by atoms with Crippen molar-refractivity contribution in [1.29, 1.82) is 0 Å². The quantitative estimate of drug-likeness (QED) is 0.593. The molecule has 0 saturated heterocycles. The highest BCUT2D eigenvalue weighted by molar-refractivity contribution is 7.99. The second-order valence-corrected chi connectivity index (χ2v) is 5.28. The molecule has 0 radical (unpaired) electrons. The third-order valence-electron chi connectivity index (χ3n) is 2.93. The van der Waals surface area contributed by atoms with Gasteiger partial charge in [-0.15, -0.1) is 10.2 Å². The van der Waals surface area contributed by atoms with E-state index in [2.05, 4.69) is 17.1 Å². The van der Waals surface area contributed by atoms with Crippen LogP contribution in [0.3, 0.4) is 0 Å². The minimum atomic E-state index is 0.406. The van der Waals surface area contributed by atoms with Gasteiger partial charge in [0.05, 0.1) is 20.3 Å². The van der Waals surface area contributed by atoms with Gasteiger partial charge in [-0.2, -0.15) is 0 Å². The van der Waals surface area contributed by atoms with Gasteiger partial charge in [0.1, 0.15) is 17.3 Å². The predicted octanol–water partition coefficient (Wildman–Crippen LogP) is 1.94. The number of rotatable bonds is 8. The molecule has 2 rings (SSSR count). The Hall–Kier alpha value is -1.73. The maximum atomic E-state index is 5.68. The lowest BCUT2D eigenvalue weighted by Gasteiger charge is -2.08. The smallest absolute Gasteiger partial charge is 0.191 e. The number of nitrogens with two attached hydrogens (primary N) is 1. The summed E-state index contributed by atoms with van der Waals surface area (Å²) >= 11 is 1.62. The van der Waals surface area contributed by atoms with Crippen molar-refractivity contribution in [3.63, 3.8) is 0 Å². The first-order chi connectivity index (χ1) is 10.3. The molecule has 0 bridgehead atoms. The van der Waals surface area contributed by atoms with Gasteiger partial charge in [-0.05, 0) is 31.2 Å². The molecule has 0 aliphatic heterocycles. The molecule has 6 nitrogen and oxygen atoms in total. The Bertz CT molecular complexity index is 557. The fourth-order valence-electron chi connectivity index (χ4n) is 1.86. The number of benzene rings is 1. The number of nitrogens with zero attached hydrogens (tertiary/aromatic N) is 3. The summed E-state index contributed by atoms with van der Waals surface area (Å²) in [4.78, 5) is 0. The van der Waals surface area contributed by atoms with Crippen LogP contribution >= 0.6 is 11.8 Å². The van der Waals surface area contributed by atoms with E-state index in [0.29, 0.717) is 13.2 Å². The summed E-state index contributed by atoms with van der Waals surface area (Å²) in [6, 6.07) is 7.54. The lowest BCUT2D eigenvalue weighted by atomic mass is 10.3. The molecule has 0 aliphatic carbocycles. The largest absolute Gasteiger partial charge is 0.497 e. The molecule has 7 heteroatoms. The van der Waals surface area contributed by atoms with Crippen molar-refractivity contribution < 1.29 is 9.47 Å². The van der Waals surface area contributed by atoms with Crippen molar-refractivity contribution in [3.05, 3.63) is 30.1 Å². The van der Waals surface area contributed by atoms with E-state index in [1.807, 2.05) is 28.8 Å². The Morgan fingerprint density at radius 2 is 1.90 bits per heavy atom. The summed E-state index contributed by atoms with van der Waals surface area (Å²) in [6.45, 7) is 3.89. The highest BCUT2D eigenvalue weighted by Gasteiger charge is 2.09. The zero-order valence-electron chi connectivity index (χ0n) is 12.3. The van der Waals surface area contributed by atoms with Gasteiger partial charge in [0.15, 0.2) is 5.16 Å². The molecule has 1 aromatic carbocycles. The minimum absolute atomic E-state index is 0.406. The fourth-order valence-corrected chi connectivity index (χ4v) is 2.70. The van der Waals surface area contributed by atoms with E-state index in [0.717, 1.165) is 34.8 Å². The number of methoxy groups -OCH3 is 1. The fraction of sp³-hybridized carbons (Fsp3) is 0.429. The van der Waals surface area contributed by atoms with Crippen LogP contribution in [-0.4, -0.2) is 34.2 Å². The molecule has 0 saturated carbocycles. The Balaban J connectivity index is 1.80. The van der Waals surface area contributed by atoms with Gasteiger partial charge < -0.3 is 19.8 Å². The summed E-state index contributed by atoms with van der Waals surface area (Å²) in [6.07, 6.45) is 0. The highest BCUT2D eigenvalue weighted by Crippen LogP contribution is 2.19. The normalized spacial score (nSPS) is 10.6. The van der Waals surface area contributed by atoms with Crippen LogP contribution in [0.15, 0.2) is 29.4 Å². The van der Waals surface area contributed by atoms with E-state index in [4.69, 9.17) is 15.2 Å². The average molecular weight is 308 g/mol. The van der Waals surface area contributed by atoms with Crippen LogP contribution in [0.5, 0.6) is 11.5 Å². The Morgan fingerprint density at radius 3 is 2.52 bits per heavy atom. The predicted molar refractivity (Wildman–Crippen MR) is 82.8 cm³/mol. The van der Waals surface area contributed by atoms with Crippen molar-refractivity contribution in [3.8, 4) is 11.5 Å². The zero-order chi connectivity index (χ0) is 15.1. The molecular formula is C14H20N4O2S. The van der Waals surface area contributed by atoms with E-state index in [9.17, 15) is 0 Å². The molecule has 0 fully saturated rings.